The van der Waals surface area contributed by atoms with Crippen LogP contribution in [0.15, 0.2) is 70.9 Å². The van der Waals surface area contributed by atoms with Crippen LogP contribution in [0.25, 0.3) is 5.76 Å². The van der Waals surface area contributed by atoms with Gasteiger partial charge in [-0.2, -0.15) is 0 Å². The number of fused-ring (bicyclic) bond motifs is 1. The number of benzene rings is 2. The predicted octanol–water partition coefficient (Wildman–Crippen LogP) is 4.36. The highest BCUT2D eigenvalue weighted by Gasteiger charge is 2.47. The molecule has 0 spiro atoms. The van der Waals surface area contributed by atoms with Gasteiger partial charge in [-0.3, -0.25) is 9.59 Å². The molecule has 2 aromatic carbocycles. The van der Waals surface area contributed by atoms with Gasteiger partial charge in [-0.1, -0.05) is 18.2 Å². The molecule has 0 bridgehead atoms. The second kappa shape index (κ2) is 7.67. The molecule has 2 atom stereocenters. The average Bonchev–Trinajstić information content (AvgIpc) is 3.48. The third-order valence-corrected chi connectivity index (χ3v) is 5.82. The van der Waals surface area contributed by atoms with Crippen molar-refractivity contribution in [3.63, 3.8) is 0 Å². The Balaban J connectivity index is 1.65. The Kier molecular flexibility index (Phi) is 4.81. The van der Waals surface area contributed by atoms with Crippen molar-refractivity contribution in [2.45, 2.75) is 32.0 Å². The molecule has 1 N–H and O–H groups in total. The van der Waals surface area contributed by atoms with Crippen LogP contribution < -0.4 is 4.74 Å². The first kappa shape index (κ1) is 20.1. The minimum Gasteiger partial charge on any atom is -0.507 e. The fourth-order valence-electron chi connectivity index (χ4n) is 4.36. The number of ether oxygens (including phenoxy) is 1. The van der Waals surface area contributed by atoms with E-state index in [1.807, 2.05) is 6.92 Å². The number of carbonyl (C=O) groups is 2. The normalized spacial score (nSPS) is 21.6. The van der Waals surface area contributed by atoms with Crippen molar-refractivity contribution in [2.75, 3.05) is 0 Å². The Morgan fingerprint density at radius 1 is 1.16 bits per heavy atom. The molecule has 2 aliphatic heterocycles. The molecule has 7 heteroatoms. The molecule has 2 aliphatic rings. The lowest BCUT2D eigenvalue weighted by Crippen LogP contribution is -2.29. The quantitative estimate of drug-likeness (QED) is 0.376. The van der Waals surface area contributed by atoms with E-state index in [0.717, 1.165) is 11.3 Å². The molecule has 1 saturated heterocycles. The van der Waals surface area contributed by atoms with Gasteiger partial charge in [0.15, 0.2) is 0 Å². The number of aliphatic hydroxyl groups excluding tert-OH is 1. The zero-order valence-corrected chi connectivity index (χ0v) is 17.2. The molecule has 2 unspecified atom stereocenters. The monoisotopic (exact) mass is 433 g/mol. The number of halogens is 1. The number of furan rings is 1. The number of rotatable bonds is 4. The topological polar surface area (TPSA) is 80.0 Å². The molecular formula is C25H20FNO5. The number of hydrogen-bond acceptors (Lipinski definition) is 5. The summed E-state index contributed by atoms with van der Waals surface area (Å²) in [6, 6.07) is 13.3. The first-order valence-corrected chi connectivity index (χ1v) is 10.3. The van der Waals surface area contributed by atoms with Crippen molar-refractivity contribution in [1.29, 1.82) is 0 Å². The maximum atomic E-state index is 14.8. The summed E-state index contributed by atoms with van der Waals surface area (Å²) >= 11 is 0. The van der Waals surface area contributed by atoms with Crippen LogP contribution in [0.3, 0.4) is 0 Å². The Morgan fingerprint density at radius 2 is 1.97 bits per heavy atom. The minimum atomic E-state index is -1.09. The lowest BCUT2D eigenvalue weighted by molar-refractivity contribution is -0.140. The Labute approximate surface area is 183 Å². The van der Waals surface area contributed by atoms with Gasteiger partial charge >= 0.3 is 0 Å². The van der Waals surface area contributed by atoms with Crippen LogP contribution in [0.4, 0.5) is 4.39 Å². The van der Waals surface area contributed by atoms with Crippen LogP contribution in [0.5, 0.6) is 5.75 Å². The molecule has 32 heavy (non-hydrogen) atoms. The minimum absolute atomic E-state index is 0.0136. The van der Waals surface area contributed by atoms with Gasteiger partial charge in [-0.05, 0) is 48.9 Å². The van der Waals surface area contributed by atoms with Crippen molar-refractivity contribution in [2.24, 2.45) is 0 Å². The van der Waals surface area contributed by atoms with Gasteiger partial charge in [0.2, 0.25) is 0 Å². The van der Waals surface area contributed by atoms with Crippen molar-refractivity contribution in [1.82, 2.24) is 4.90 Å². The average molecular weight is 433 g/mol. The number of amides is 1. The Hall–Kier alpha value is -3.87. The van der Waals surface area contributed by atoms with Crippen molar-refractivity contribution in [3.8, 4) is 5.75 Å². The van der Waals surface area contributed by atoms with E-state index >= 15 is 0 Å². The smallest absolute Gasteiger partial charge is 0.296 e. The van der Waals surface area contributed by atoms with Gasteiger partial charge < -0.3 is 19.2 Å². The summed E-state index contributed by atoms with van der Waals surface area (Å²) in [5, 5.41) is 11.2. The number of hydrogen-bond donors (Lipinski definition) is 1. The highest BCUT2D eigenvalue weighted by molar-refractivity contribution is 6.46. The molecule has 162 valence electrons. The number of carbonyl (C=O) groups excluding carboxylic acids is 2. The third kappa shape index (κ3) is 3.26. The van der Waals surface area contributed by atoms with Crippen LogP contribution >= 0.6 is 0 Å². The first-order valence-electron chi connectivity index (χ1n) is 10.3. The fraction of sp³-hybridized carbons (Fsp3) is 0.200. The molecule has 0 saturated carbocycles. The largest absolute Gasteiger partial charge is 0.507 e. The second-order valence-electron chi connectivity index (χ2n) is 7.98. The SMILES string of the molecule is CC1Cc2cc(/C(O)=C3/C(=O)C(=O)N(Cc4ccco4)C3c3ccccc3F)ccc2O1. The maximum Gasteiger partial charge on any atom is 0.296 e. The van der Waals surface area contributed by atoms with E-state index < -0.39 is 23.5 Å². The zero-order chi connectivity index (χ0) is 22.4. The van der Waals surface area contributed by atoms with Crippen LogP contribution in [0.2, 0.25) is 0 Å². The standard InChI is InChI=1S/C25H20FNO5/c1-14-11-16-12-15(8-9-20(16)32-14)23(28)21-22(18-6-2-3-7-19(18)26)27(25(30)24(21)29)13-17-5-4-10-31-17/h2-10,12,14,22,28H,11,13H2,1H3/b23-21-. The van der Waals surface area contributed by atoms with Crippen molar-refractivity contribution < 1.29 is 28.2 Å². The van der Waals surface area contributed by atoms with Gasteiger partial charge in [-0.25, -0.2) is 4.39 Å². The van der Waals surface area contributed by atoms with E-state index in [1.54, 1.807) is 36.4 Å². The lowest BCUT2D eigenvalue weighted by atomic mass is 9.94. The van der Waals surface area contributed by atoms with Crippen LogP contribution in [0.1, 0.15) is 35.4 Å². The van der Waals surface area contributed by atoms with Crippen LogP contribution in [0, 0.1) is 5.82 Å². The molecule has 1 amide bonds. The van der Waals surface area contributed by atoms with Gasteiger partial charge in [0, 0.05) is 17.5 Å². The summed E-state index contributed by atoms with van der Waals surface area (Å²) < 4.78 is 25.9. The highest BCUT2D eigenvalue weighted by Crippen LogP contribution is 2.42. The molecule has 3 aromatic rings. The maximum absolute atomic E-state index is 14.8. The van der Waals surface area contributed by atoms with E-state index in [9.17, 15) is 19.1 Å². The van der Waals surface area contributed by atoms with E-state index in [1.165, 1.54) is 29.4 Å². The molecule has 3 heterocycles. The third-order valence-electron chi connectivity index (χ3n) is 5.82. The molecule has 0 radical (unpaired) electrons. The Morgan fingerprint density at radius 3 is 2.72 bits per heavy atom. The molecule has 0 aliphatic carbocycles. The van der Waals surface area contributed by atoms with Gasteiger partial charge in [0.05, 0.1) is 24.4 Å². The molecule has 6 nitrogen and oxygen atoms in total. The number of ketones is 1. The Bertz CT molecular complexity index is 1250. The van der Waals surface area contributed by atoms with Gasteiger partial charge in [0.25, 0.3) is 11.7 Å². The summed E-state index contributed by atoms with van der Waals surface area (Å²) in [5.41, 5.74) is 1.24. The highest BCUT2D eigenvalue weighted by atomic mass is 19.1. The van der Waals surface area contributed by atoms with Crippen LogP contribution in [-0.4, -0.2) is 27.8 Å². The van der Waals surface area contributed by atoms with Crippen molar-refractivity contribution in [3.05, 3.63) is 94.7 Å². The van der Waals surface area contributed by atoms with E-state index in [0.29, 0.717) is 17.7 Å². The predicted molar refractivity (Wildman–Crippen MR) is 113 cm³/mol. The van der Waals surface area contributed by atoms with Gasteiger partial charge in [0.1, 0.15) is 29.2 Å². The molecule has 1 fully saturated rings. The molecule has 1 aromatic heterocycles. The molecular weight excluding hydrogens is 413 g/mol. The number of likely N-dealkylation sites (tertiary alicyclic amines) is 1. The molecule has 5 rings (SSSR count). The summed E-state index contributed by atoms with van der Waals surface area (Å²) in [5.74, 6) is -1.46. The van der Waals surface area contributed by atoms with Crippen LogP contribution in [-0.2, 0) is 22.6 Å². The van der Waals surface area contributed by atoms with Crippen molar-refractivity contribution >= 4 is 17.4 Å². The zero-order valence-electron chi connectivity index (χ0n) is 17.2. The van der Waals surface area contributed by atoms with E-state index in [-0.39, 0.29) is 29.5 Å². The van der Waals surface area contributed by atoms with E-state index in [2.05, 4.69) is 0 Å². The number of nitrogens with zero attached hydrogens (tertiary/aromatic N) is 1. The second-order valence-corrected chi connectivity index (χ2v) is 7.98. The van der Waals surface area contributed by atoms with Gasteiger partial charge in [-0.15, -0.1) is 0 Å². The summed E-state index contributed by atoms with van der Waals surface area (Å²) in [6.07, 6.45) is 2.14. The summed E-state index contributed by atoms with van der Waals surface area (Å²) in [6.45, 7) is 1.90. The summed E-state index contributed by atoms with van der Waals surface area (Å²) in [7, 11) is 0. The number of aliphatic hydroxyl groups is 1. The first-order chi connectivity index (χ1) is 15.4. The van der Waals surface area contributed by atoms with E-state index in [4.69, 9.17) is 9.15 Å². The summed E-state index contributed by atoms with van der Waals surface area (Å²) in [4.78, 5) is 27.2. The number of Topliss-reactive ketones (excluding diaryl/α,β-unsaturated/α-hetero) is 1. The fourth-order valence-corrected chi connectivity index (χ4v) is 4.36. The lowest BCUT2D eigenvalue weighted by Gasteiger charge is -2.24.